The van der Waals surface area contributed by atoms with Gasteiger partial charge in [0.15, 0.2) is 5.78 Å². The van der Waals surface area contributed by atoms with E-state index in [9.17, 15) is 14.4 Å². The predicted molar refractivity (Wildman–Crippen MR) is 148 cm³/mol. The number of amides is 2. The topological polar surface area (TPSA) is 117 Å². The second-order valence-corrected chi connectivity index (χ2v) is 11.8. The maximum atomic E-state index is 12.7. The molecule has 0 bridgehead atoms. The molecule has 2 N–H and O–H groups in total. The largest absolute Gasteiger partial charge is 0.444 e. The zero-order valence-electron chi connectivity index (χ0n) is 23.1. The summed E-state index contributed by atoms with van der Waals surface area (Å²) < 4.78 is 5.47. The van der Waals surface area contributed by atoms with Crippen molar-refractivity contribution >= 4 is 23.6 Å². The van der Waals surface area contributed by atoms with Crippen molar-refractivity contribution in [2.24, 2.45) is 5.41 Å². The van der Waals surface area contributed by atoms with Gasteiger partial charge in [-0.15, -0.1) is 0 Å². The Hall–Kier alpha value is -4.01. The minimum Gasteiger partial charge on any atom is -0.444 e. The van der Waals surface area contributed by atoms with Gasteiger partial charge in [-0.3, -0.25) is 9.59 Å². The number of carbonyl (C=O) groups excluding carboxylic acids is 3. The van der Waals surface area contributed by atoms with E-state index in [1.807, 2.05) is 52.0 Å². The number of imidazole rings is 1. The van der Waals surface area contributed by atoms with Crippen molar-refractivity contribution in [3.8, 4) is 11.3 Å². The zero-order valence-corrected chi connectivity index (χ0v) is 23.1. The number of nitrogens with zero attached hydrogens (tertiary/aromatic N) is 3. The van der Waals surface area contributed by atoms with Crippen LogP contribution in [0.15, 0.2) is 42.6 Å². The standard InChI is InChI=1S/C30H35N5O4/c1-6-19-11-12-31-23(13-19)32-27(37)21-9-7-20(8-10-21)25-24(18(2)36)33-26(34-25)22-14-30(15-22)16-35(17-30)28(38)39-29(3,4)5/h7-13,22H,6,14-17H2,1-5H3,(H,33,34)(H,31,32,37). The smallest absolute Gasteiger partial charge is 0.410 e. The number of aryl methyl sites for hydroxylation is 1. The molecule has 1 aliphatic carbocycles. The molecule has 39 heavy (non-hydrogen) atoms. The van der Waals surface area contributed by atoms with Crippen LogP contribution in [-0.4, -0.2) is 56.3 Å². The number of nitrogens with one attached hydrogen (secondary N) is 2. The number of aromatic nitrogens is 3. The quantitative estimate of drug-likeness (QED) is 0.401. The molecule has 0 unspecified atom stereocenters. The van der Waals surface area contributed by atoms with Gasteiger partial charge in [0, 0.05) is 48.7 Å². The number of aromatic amines is 1. The lowest BCUT2D eigenvalue weighted by atomic mass is 9.57. The lowest BCUT2D eigenvalue weighted by Crippen LogP contribution is -2.63. The molecule has 2 fully saturated rings. The summed E-state index contributed by atoms with van der Waals surface area (Å²) in [5, 5.41) is 2.84. The molecule has 1 spiro atoms. The summed E-state index contributed by atoms with van der Waals surface area (Å²) >= 11 is 0. The fraction of sp³-hybridized carbons (Fsp3) is 0.433. The van der Waals surface area contributed by atoms with Gasteiger partial charge in [-0.25, -0.2) is 14.8 Å². The van der Waals surface area contributed by atoms with Crippen LogP contribution in [-0.2, 0) is 11.2 Å². The Labute approximate surface area is 228 Å². The molecular weight excluding hydrogens is 494 g/mol. The van der Waals surface area contributed by atoms with Gasteiger partial charge in [-0.2, -0.15) is 0 Å². The Morgan fingerprint density at radius 3 is 2.44 bits per heavy atom. The van der Waals surface area contributed by atoms with Crippen LogP contribution >= 0.6 is 0 Å². The number of Topliss-reactive ketones (excluding diaryl/α,β-unsaturated/α-hetero) is 1. The molecule has 0 radical (unpaired) electrons. The third-order valence-electron chi connectivity index (χ3n) is 7.42. The average Bonchev–Trinajstić information content (AvgIpc) is 3.27. The van der Waals surface area contributed by atoms with Gasteiger partial charge in [-0.1, -0.05) is 19.1 Å². The Morgan fingerprint density at radius 2 is 1.82 bits per heavy atom. The number of benzene rings is 1. The van der Waals surface area contributed by atoms with Gasteiger partial charge in [0.05, 0.1) is 5.69 Å². The number of H-pyrrole nitrogens is 1. The van der Waals surface area contributed by atoms with Gasteiger partial charge in [-0.05, 0) is 69.9 Å². The van der Waals surface area contributed by atoms with E-state index in [1.165, 1.54) is 6.92 Å². The maximum Gasteiger partial charge on any atom is 0.410 e. The predicted octanol–water partition coefficient (Wildman–Crippen LogP) is 5.60. The molecular formula is C30H35N5O4. The lowest BCUT2D eigenvalue weighted by Gasteiger charge is -2.58. The number of hydrogen-bond acceptors (Lipinski definition) is 6. The SMILES string of the molecule is CCc1ccnc(NC(=O)c2ccc(-c3nc(C4CC5(C4)CN(C(=O)OC(C)(C)C)C5)[nH]c3C(C)=O)cc2)c1. The molecule has 3 aromatic rings. The van der Waals surface area contributed by atoms with E-state index < -0.39 is 5.60 Å². The second kappa shape index (κ2) is 9.94. The molecule has 3 heterocycles. The van der Waals surface area contributed by atoms with Crippen LogP contribution in [0.3, 0.4) is 0 Å². The molecule has 2 amide bonds. The molecule has 2 aromatic heterocycles. The van der Waals surface area contributed by atoms with E-state index in [0.29, 0.717) is 35.9 Å². The molecule has 1 saturated carbocycles. The van der Waals surface area contributed by atoms with Crippen LogP contribution < -0.4 is 5.32 Å². The Morgan fingerprint density at radius 1 is 1.13 bits per heavy atom. The van der Waals surface area contributed by atoms with Crippen molar-refractivity contribution in [1.82, 2.24) is 19.9 Å². The van der Waals surface area contributed by atoms with Gasteiger partial charge >= 0.3 is 6.09 Å². The molecule has 9 heteroatoms. The second-order valence-electron chi connectivity index (χ2n) is 11.8. The molecule has 5 rings (SSSR count). The molecule has 1 aromatic carbocycles. The van der Waals surface area contributed by atoms with Crippen LogP contribution in [0.5, 0.6) is 0 Å². The normalized spacial score (nSPS) is 16.4. The first kappa shape index (κ1) is 26.6. The summed E-state index contributed by atoms with van der Waals surface area (Å²) in [5.41, 5.74) is 3.00. The van der Waals surface area contributed by atoms with Crippen molar-refractivity contribution in [2.45, 2.75) is 65.4 Å². The number of hydrogen-bond donors (Lipinski definition) is 2. The van der Waals surface area contributed by atoms with Crippen LogP contribution in [0, 0.1) is 5.41 Å². The van der Waals surface area contributed by atoms with Crippen molar-refractivity contribution < 1.29 is 19.1 Å². The third-order valence-corrected chi connectivity index (χ3v) is 7.42. The first-order chi connectivity index (χ1) is 18.4. The number of rotatable bonds is 6. The van der Waals surface area contributed by atoms with Gasteiger partial charge in [0.25, 0.3) is 5.91 Å². The number of ether oxygens (including phenoxy) is 1. The fourth-order valence-corrected chi connectivity index (χ4v) is 5.44. The lowest BCUT2D eigenvalue weighted by molar-refractivity contribution is -0.0796. The molecule has 2 aliphatic rings. The Balaban J connectivity index is 1.24. The first-order valence-corrected chi connectivity index (χ1v) is 13.4. The van der Waals surface area contributed by atoms with Crippen molar-refractivity contribution in [1.29, 1.82) is 0 Å². The highest BCUT2D eigenvalue weighted by atomic mass is 16.6. The fourth-order valence-electron chi connectivity index (χ4n) is 5.44. The van der Waals surface area contributed by atoms with Crippen molar-refractivity contribution in [2.75, 3.05) is 18.4 Å². The summed E-state index contributed by atoms with van der Waals surface area (Å²) in [6.45, 7) is 10.5. The molecule has 9 nitrogen and oxygen atoms in total. The molecule has 0 atom stereocenters. The van der Waals surface area contributed by atoms with Crippen LogP contribution in [0.4, 0.5) is 10.6 Å². The average molecular weight is 530 g/mol. The minimum absolute atomic E-state index is 0.0961. The minimum atomic E-state index is -0.505. The molecule has 1 aliphatic heterocycles. The van der Waals surface area contributed by atoms with Gasteiger partial charge < -0.3 is 19.9 Å². The van der Waals surface area contributed by atoms with Crippen LogP contribution in [0.25, 0.3) is 11.3 Å². The van der Waals surface area contributed by atoms with E-state index in [1.54, 1.807) is 23.2 Å². The number of anilines is 1. The number of carbonyl (C=O) groups is 3. The molecule has 1 saturated heterocycles. The monoisotopic (exact) mass is 529 g/mol. The van der Waals surface area contributed by atoms with E-state index >= 15 is 0 Å². The van der Waals surface area contributed by atoms with E-state index in [2.05, 4.69) is 15.3 Å². The third kappa shape index (κ3) is 5.57. The highest BCUT2D eigenvalue weighted by Gasteiger charge is 2.55. The number of likely N-dealkylation sites (tertiary alicyclic amines) is 1. The zero-order chi connectivity index (χ0) is 27.9. The van der Waals surface area contributed by atoms with Crippen molar-refractivity contribution in [3.05, 3.63) is 65.2 Å². The van der Waals surface area contributed by atoms with Crippen LogP contribution in [0.2, 0.25) is 0 Å². The summed E-state index contributed by atoms with van der Waals surface area (Å²) in [7, 11) is 0. The van der Waals surface area contributed by atoms with Crippen molar-refractivity contribution in [3.63, 3.8) is 0 Å². The Kier molecular flexibility index (Phi) is 6.78. The van der Waals surface area contributed by atoms with E-state index in [-0.39, 0.29) is 29.1 Å². The van der Waals surface area contributed by atoms with Crippen LogP contribution in [0.1, 0.15) is 85.6 Å². The Bertz CT molecular complexity index is 1410. The van der Waals surface area contributed by atoms with E-state index in [0.717, 1.165) is 36.2 Å². The summed E-state index contributed by atoms with van der Waals surface area (Å²) in [4.78, 5) is 51.5. The first-order valence-electron chi connectivity index (χ1n) is 13.4. The van der Waals surface area contributed by atoms with Gasteiger partial charge in [0.2, 0.25) is 0 Å². The number of ketones is 1. The summed E-state index contributed by atoms with van der Waals surface area (Å²) in [6, 6.07) is 10.9. The molecule has 204 valence electrons. The van der Waals surface area contributed by atoms with Gasteiger partial charge in [0.1, 0.15) is 22.9 Å². The summed E-state index contributed by atoms with van der Waals surface area (Å²) in [6.07, 6.45) is 4.09. The summed E-state index contributed by atoms with van der Waals surface area (Å²) in [5.74, 6) is 1.16. The highest BCUT2D eigenvalue weighted by molar-refractivity contribution is 6.04. The number of pyridine rings is 1. The van der Waals surface area contributed by atoms with E-state index in [4.69, 9.17) is 9.72 Å². The maximum absolute atomic E-state index is 12.7. The highest BCUT2D eigenvalue weighted by Crippen LogP contribution is 2.56.